The van der Waals surface area contributed by atoms with Crippen LogP contribution in [-0.4, -0.2) is 0 Å². The summed E-state index contributed by atoms with van der Waals surface area (Å²) in [5.74, 6) is 0. The molecule has 0 bridgehead atoms. The molecular formula is C15H12Cl2N2. The Morgan fingerprint density at radius 2 is 1.84 bits per heavy atom. The molecular weight excluding hydrogens is 279 g/mol. The lowest BCUT2D eigenvalue weighted by Crippen LogP contribution is -2.07. The van der Waals surface area contributed by atoms with Gasteiger partial charge >= 0.3 is 0 Å². The van der Waals surface area contributed by atoms with E-state index < -0.39 is 0 Å². The van der Waals surface area contributed by atoms with Crippen LogP contribution < -0.4 is 5.32 Å². The highest BCUT2D eigenvalue weighted by molar-refractivity contribution is 6.33. The van der Waals surface area contributed by atoms with Gasteiger partial charge in [0.2, 0.25) is 0 Å². The summed E-state index contributed by atoms with van der Waals surface area (Å²) < 4.78 is 0. The molecule has 1 unspecified atom stereocenters. The number of nitrogens with zero attached hydrogens (tertiary/aromatic N) is 1. The van der Waals surface area contributed by atoms with E-state index in [9.17, 15) is 0 Å². The van der Waals surface area contributed by atoms with Gasteiger partial charge in [-0.3, -0.25) is 0 Å². The summed E-state index contributed by atoms with van der Waals surface area (Å²) in [6.07, 6.45) is 0. The van der Waals surface area contributed by atoms with Crippen LogP contribution in [0.3, 0.4) is 0 Å². The number of nitriles is 1. The fourth-order valence-corrected chi connectivity index (χ4v) is 2.31. The van der Waals surface area contributed by atoms with E-state index in [1.54, 1.807) is 18.2 Å². The van der Waals surface area contributed by atoms with Crippen molar-refractivity contribution >= 4 is 28.9 Å². The van der Waals surface area contributed by atoms with Crippen molar-refractivity contribution in [3.8, 4) is 6.07 Å². The highest BCUT2D eigenvalue weighted by atomic mass is 35.5. The molecule has 0 saturated heterocycles. The molecule has 0 radical (unpaired) electrons. The van der Waals surface area contributed by atoms with Gasteiger partial charge in [0, 0.05) is 5.02 Å². The summed E-state index contributed by atoms with van der Waals surface area (Å²) in [6, 6.07) is 14.9. The second-order valence-corrected chi connectivity index (χ2v) is 5.01. The average Bonchev–Trinajstić information content (AvgIpc) is 2.41. The largest absolute Gasteiger partial charge is 0.377 e. The lowest BCUT2D eigenvalue weighted by molar-refractivity contribution is 0.885. The molecule has 4 heteroatoms. The second-order valence-electron chi connectivity index (χ2n) is 4.19. The van der Waals surface area contributed by atoms with Gasteiger partial charge in [-0.05, 0) is 36.8 Å². The lowest BCUT2D eigenvalue weighted by Gasteiger charge is -2.18. The summed E-state index contributed by atoms with van der Waals surface area (Å²) in [5.41, 5.74) is 2.29. The molecule has 0 spiro atoms. The quantitative estimate of drug-likeness (QED) is 0.860. The highest BCUT2D eigenvalue weighted by Crippen LogP contribution is 2.29. The Labute approximate surface area is 122 Å². The van der Waals surface area contributed by atoms with Crippen LogP contribution in [0.2, 0.25) is 10.0 Å². The molecule has 0 saturated carbocycles. The molecule has 1 N–H and O–H groups in total. The first-order chi connectivity index (χ1) is 9.11. The monoisotopic (exact) mass is 290 g/mol. The third-order valence-electron chi connectivity index (χ3n) is 2.84. The molecule has 0 aromatic heterocycles. The Balaban J connectivity index is 2.27. The fourth-order valence-electron chi connectivity index (χ4n) is 1.84. The molecule has 19 heavy (non-hydrogen) atoms. The van der Waals surface area contributed by atoms with Gasteiger partial charge in [-0.1, -0.05) is 41.4 Å². The maximum atomic E-state index is 8.91. The van der Waals surface area contributed by atoms with Crippen molar-refractivity contribution < 1.29 is 0 Å². The number of anilines is 1. The summed E-state index contributed by atoms with van der Waals surface area (Å²) in [6.45, 7) is 2.00. The summed E-state index contributed by atoms with van der Waals surface area (Å²) >= 11 is 12.3. The number of rotatable bonds is 3. The Hall–Kier alpha value is -1.69. The van der Waals surface area contributed by atoms with E-state index in [1.165, 1.54) is 0 Å². The normalized spacial score (nSPS) is 11.7. The smallest absolute Gasteiger partial charge is 0.0992 e. The predicted octanol–water partition coefficient (Wildman–Crippen LogP) is 5.04. The molecule has 0 aliphatic heterocycles. The zero-order chi connectivity index (χ0) is 13.8. The van der Waals surface area contributed by atoms with Crippen LogP contribution in [0.15, 0.2) is 42.5 Å². The topological polar surface area (TPSA) is 35.8 Å². The van der Waals surface area contributed by atoms with E-state index in [1.807, 2.05) is 31.2 Å². The molecule has 96 valence electrons. The van der Waals surface area contributed by atoms with E-state index in [0.29, 0.717) is 15.6 Å². The molecule has 2 aromatic rings. The van der Waals surface area contributed by atoms with Crippen LogP contribution in [0.5, 0.6) is 0 Å². The van der Waals surface area contributed by atoms with Crippen LogP contribution in [0, 0.1) is 11.3 Å². The molecule has 0 fully saturated rings. The van der Waals surface area contributed by atoms with Gasteiger partial charge in [0.05, 0.1) is 28.4 Å². The van der Waals surface area contributed by atoms with Gasteiger partial charge in [0.1, 0.15) is 0 Å². The minimum Gasteiger partial charge on any atom is -0.377 e. The van der Waals surface area contributed by atoms with E-state index in [4.69, 9.17) is 28.5 Å². The van der Waals surface area contributed by atoms with Gasteiger partial charge in [0.15, 0.2) is 0 Å². The zero-order valence-corrected chi connectivity index (χ0v) is 11.8. The van der Waals surface area contributed by atoms with Crippen molar-refractivity contribution in [3.63, 3.8) is 0 Å². The van der Waals surface area contributed by atoms with Crippen LogP contribution in [-0.2, 0) is 0 Å². The molecule has 0 aliphatic carbocycles. The van der Waals surface area contributed by atoms with Crippen molar-refractivity contribution in [1.82, 2.24) is 0 Å². The first-order valence-corrected chi connectivity index (χ1v) is 6.58. The minimum atomic E-state index is 0.000132. The summed E-state index contributed by atoms with van der Waals surface area (Å²) in [7, 11) is 0. The lowest BCUT2D eigenvalue weighted by atomic mass is 10.1. The van der Waals surface area contributed by atoms with Gasteiger partial charge < -0.3 is 5.32 Å². The first kappa shape index (κ1) is 13.7. The second kappa shape index (κ2) is 5.97. The maximum Gasteiger partial charge on any atom is 0.0992 e. The van der Waals surface area contributed by atoms with Gasteiger partial charge in [-0.15, -0.1) is 0 Å². The SMILES string of the molecule is CC(Nc1cc(C#N)ccc1Cl)c1ccccc1Cl. The van der Waals surface area contributed by atoms with Crippen LogP contribution in [0.25, 0.3) is 0 Å². The standard InChI is InChI=1S/C15H12Cl2N2/c1-10(12-4-2-3-5-13(12)16)19-15-8-11(9-18)6-7-14(15)17/h2-8,10,19H,1H3. The number of hydrogen-bond acceptors (Lipinski definition) is 2. The fraction of sp³-hybridized carbons (Fsp3) is 0.133. The molecule has 2 rings (SSSR count). The van der Waals surface area contributed by atoms with Crippen molar-refractivity contribution in [3.05, 3.63) is 63.6 Å². The van der Waals surface area contributed by atoms with Crippen LogP contribution in [0.1, 0.15) is 24.1 Å². The Morgan fingerprint density at radius 3 is 2.53 bits per heavy atom. The van der Waals surface area contributed by atoms with E-state index in [0.717, 1.165) is 11.3 Å². The predicted molar refractivity (Wildman–Crippen MR) is 79.7 cm³/mol. The number of nitrogens with one attached hydrogen (secondary N) is 1. The minimum absolute atomic E-state index is 0.000132. The Kier molecular flexibility index (Phi) is 4.31. The Morgan fingerprint density at radius 1 is 1.11 bits per heavy atom. The molecule has 2 nitrogen and oxygen atoms in total. The molecule has 0 heterocycles. The van der Waals surface area contributed by atoms with Gasteiger partial charge in [0.25, 0.3) is 0 Å². The van der Waals surface area contributed by atoms with Crippen molar-refractivity contribution in [2.24, 2.45) is 0 Å². The van der Waals surface area contributed by atoms with E-state index in [2.05, 4.69) is 11.4 Å². The summed E-state index contributed by atoms with van der Waals surface area (Å²) in [4.78, 5) is 0. The van der Waals surface area contributed by atoms with Crippen LogP contribution in [0.4, 0.5) is 5.69 Å². The first-order valence-electron chi connectivity index (χ1n) is 5.82. The third kappa shape index (κ3) is 3.20. The van der Waals surface area contributed by atoms with Gasteiger partial charge in [-0.25, -0.2) is 0 Å². The maximum absolute atomic E-state index is 8.91. The molecule has 0 amide bonds. The number of benzene rings is 2. The average molecular weight is 291 g/mol. The van der Waals surface area contributed by atoms with Gasteiger partial charge in [-0.2, -0.15) is 5.26 Å². The third-order valence-corrected chi connectivity index (χ3v) is 3.51. The Bertz CT molecular complexity index is 632. The van der Waals surface area contributed by atoms with E-state index >= 15 is 0 Å². The van der Waals surface area contributed by atoms with Crippen molar-refractivity contribution in [2.75, 3.05) is 5.32 Å². The van der Waals surface area contributed by atoms with E-state index in [-0.39, 0.29) is 6.04 Å². The molecule has 1 atom stereocenters. The number of halogens is 2. The van der Waals surface area contributed by atoms with Crippen LogP contribution >= 0.6 is 23.2 Å². The van der Waals surface area contributed by atoms with Crippen molar-refractivity contribution in [1.29, 1.82) is 5.26 Å². The summed E-state index contributed by atoms with van der Waals surface area (Å²) in [5, 5.41) is 13.5. The zero-order valence-electron chi connectivity index (χ0n) is 10.3. The molecule has 2 aromatic carbocycles. The highest BCUT2D eigenvalue weighted by Gasteiger charge is 2.11. The number of hydrogen-bond donors (Lipinski definition) is 1. The van der Waals surface area contributed by atoms with Crippen molar-refractivity contribution in [2.45, 2.75) is 13.0 Å². The molecule has 0 aliphatic rings.